The second kappa shape index (κ2) is 5.78. The summed E-state index contributed by atoms with van der Waals surface area (Å²) in [4.78, 5) is 0. The van der Waals surface area contributed by atoms with Crippen molar-refractivity contribution in [1.29, 1.82) is 0 Å². The van der Waals surface area contributed by atoms with Gasteiger partial charge in [-0.1, -0.05) is 53.4 Å². The van der Waals surface area contributed by atoms with E-state index in [0.717, 1.165) is 23.7 Å². The largest absolute Gasteiger partial charge is 0.0654 e. The molecule has 1 rings (SSSR count). The summed E-state index contributed by atoms with van der Waals surface area (Å²) >= 11 is 0. The van der Waals surface area contributed by atoms with Gasteiger partial charge in [0, 0.05) is 0 Å². The molecule has 1 fully saturated rings. The Hall–Kier alpha value is 0. The molecule has 0 aromatic heterocycles. The molecule has 0 heterocycles. The zero-order valence-corrected chi connectivity index (χ0v) is 10.6. The lowest BCUT2D eigenvalue weighted by molar-refractivity contribution is 0.133. The highest BCUT2D eigenvalue weighted by molar-refractivity contribution is 4.80. The van der Waals surface area contributed by atoms with E-state index in [1.807, 2.05) is 0 Å². The van der Waals surface area contributed by atoms with E-state index in [9.17, 15) is 0 Å². The zero-order valence-electron chi connectivity index (χ0n) is 10.6. The molecule has 0 aliphatic heterocycles. The molecular formula is C14H28. The first-order chi connectivity index (χ1) is 6.69. The van der Waals surface area contributed by atoms with Gasteiger partial charge in [-0.2, -0.15) is 0 Å². The molecule has 0 nitrogen and oxygen atoms in total. The molecule has 0 heteroatoms. The summed E-state index contributed by atoms with van der Waals surface area (Å²) in [5.41, 5.74) is 0. The molecule has 4 unspecified atom stereocenters. The second-order valence-electron chi connectivity index (χ2n) is 5.48. The molecular weight excluding hydrogens is 168 g/mol. The summed E-state index contributed by atoms with van der Waals surface area (Å²) in [6.45, 7) is 9.59. The van der Waals surface area contributed by atoms with Gasteiger partial charge in [-0.05, 0) is 36.5 Å². The van der Waals surface area contributed by atoms with Crippen molar-refractivity contribution in [3.8, 4) is 0 Å². The average molecular weight is 196 g/mol. The van der Waals surface area contributed by atoms with E-state index in [1.54, 1.807) is 0 Å². The van der Waals surface area contributed by atoms with Crippen molar-refractivity contribution in [2.24, 2.45) is 23.7 Å². The first kappa shape index (κ1) is 12.1. The number of hydrogen-bond donors (Lipinski definition) is 0. The minimum Gasteiger partial charge on any atom is -0.0654 e. The molecule has 0 N–H and O–H groups in total. The lowest BCUT2D eigenvalue weighted by atomic mass is 9.68. The molecule has 0 radical (unpaired) electrons. The van der Waals surface area contributed by atoms with Crippen LogP contribution < -0.4 is 0 Å². The van der Waals surface area contributed by atoms with Crippen molar-refractivity contribution in [1.82, 2.24) is 0 Å². The third-order valence-electron chi connectivity index (χ3n) is 4.48. The quantitative estimate of drug-likeness (QED) is 0.567. The van der Waals surface area contributed by atoms with E-state index in [4.69, 9.17) is 0 Å². The fourth-order valence-electron chi connectivity index (χ4n) is 2.97. The lowest BCUT2D eigenvalue weighted by Gasteiger charge is -2.38. The maximum Gasteiger partial charge on any atom is -0.0386 e. The van der Waals surface area contributed by atoms with Crippen LogP contribution in [0, 0.1) is 23.7 Å². The Bertz CT molecular complexity index is 150. The van der Waals surface area contributed by atoms with E-state index in [1.165, 1.54) is 38.5 Å². The maximum absolute atomic E-state index is 2.46. The molecule has 84 valence electrons. The van der Waals surface area contributed by atoms with Crippen molar-refractivity contribution in [2.75, 3.05) is 0 Å². The van der Waals surface area contributed by atoms with Crippen molar-refractivity contribution in [3.05, 3.63) is 0 Å². The normalized spacial score (nSPS) is 30.9. The molecule has 0 amide bonds. The van der Waals surface area contributed by atoms with Gasteiger partial charge in [0.1, 0.15) is 0 Å². The monoisotopic (exact) mass is 196 g/mol. The standard InChI is InChI=1S/C14H28/c1-5-7-11(3)13(6-2)10-14-9-8-12(14)4/h11-14H,5-10H2,1-4H3. The van der Waals surface area contributed by atoms with Gasteiger partial charge in [0.05, 0.1) is 0 Å². The Morgan fingerprint density at radius 2 is 1.93 bits per heavy atom. The third kappa shape index (κ3) is 3.00. The maximum atomic E-state index is 2.46. The van der Waals surface area contributed by atoms with Crippen LogP contribution >= 0.6 is 0 Å². The van der Waals surface area contributed by atoms with Crippen LogP contribution in [0.25, 0.3) is 0 Å². The smallest absolute Gasteiger partial charge is 0.0386 e. The van der Waals surface area contributed by atoms with Gasteiger partial charge in [0.2, 0.25) is 0 Å². The van der Waals surface area contributed by atoms with Crippen LogP contribution in [0.1, 0.15) is 66.2 Å². The summed E-state index contributed by atoms with van der Waals surface area (Å²) in [6.07, 6.45) is 8.69. The molecule has 0 aromatic carbocycles. The molecule has 1 saturated carbocycles. The third-order valence-corrected chi connectivity index (χ3v) is 4.48. The highest BCUT2D eigenvalue weighted by Crippen LogP contribution is 2.40. The van der Waals surface area contributed by atoms with Gasteiger partial charge < -0.3 is 0 Å². The molecule has 0 aromatic rings. The zero-order chi connectivity index (χ0) is 10.6. The van der Waals surface area contributed by atoms with Crippen molar-refractivity contribution >= 4 is 0 Å². The molecule has 14 heavy (non-hydrogen) atoms. The van der Waals surface area contributed by atoms with Crippen LogP contribution in [0.5, 0.6) is 0 Å². The predicted molar refractivity (Wildman–Crippen MR) is 64.4 cm³/mol. The average Bonchev–Trinajstić information content (AvgIpc) is 2.17. The fourth-order valence-corrected chi connectivity index (χ4v) is 2.97. The second-order valence-corrected chi connectivity index (χ2v) is 5.48. The van der Waals surface area contributed by atoms with Crippen LogP contribution in [-0.4, -0.2) is 0 Å². The highest BCUT2D eigenvalue weighted by Gasteiger charge is 2.29. The first-order valence-corrected chi connectivity index (χ1v) is 6.69. The molecule has 1 aliphatic rings. The molecule has 4 atom stereocenters. The minimum absolute atomic E-state index is 0.956. The van der Waals surface area contributed by atoms with E-state index in [2.05, 4.69) is 27.7 Å². The summed E-state index contributed by atoms with van der Waals surface area (Å²) in [5.74, 6) is 4.05. The molecule has 0 saturated heterocycles. The van der Waals surface area contributed by atoms with Crippen molar-refractivity contribution < 1.29 is 0 Å². The Kier molecular flexibility index (Phi) is 4.98. The summed E-state index contributed by atoms with van der Waals surface area (Å²) in [6, 6.07) is 0. The molecule has 1 aliphatic carbocycles. The predicted octanol–water partition coefficient (Wildman–Crippen LogP) is 4.89. The number of rotatable bonds is 6. The van der Waals surface area contributed by atoms with E-state index >= 15 is 0 Å². The SMILES string of the molecule is CCCC(C)C(CC)CC1CCC1C. The fraction of sp³-hybridized carbons (Fsp3) is 1.00. The topological polar surface area (TPSA) is 0 Å². The van der Waals surface area contributed by atoms with Gasteiger partial charge in [-0.25, -0.2) is 0 Å². The summed E-state index contributed by atoms with van der Waals surface area (Å²) in [5, 5.41) is 0. The Morgan fingerprint density at radius 1 is 1.21 bits per heavy atom. The van der Waals surface area contributed by atoms with Gasteiger partial charge >= 0.3 is 0 Å². The van der Waals surface area contributed by atoms with Crippen molar-refractivity contribution in [2.45, 2.75) is 66.2 Å². The first-order valence-electron chi connectivity index (χ1n) is 6.69. The van der Waals surface area contributed by atoms with Gasteiger partial charge in [0.25, 0.3) is 0 Å². The summed E-state index contributed by atoms with van der Waals surface area (Å²) in [7, 11) is 0. The lowest BCUT2D eigenvalue weighted by Crippen LogP contribution is -2.27. The Balaban J connectivity index is 2.30. The van der Waals surface area contributed by atoms with Crippen LogP contribution in [0.2, 0.25) is 0 Å². The minimum atomic E-state index is 0.956. The molecule has 0 spiro atoms. The van der Waals surface area contributed by atoms with E-state index < -0.39 is 0 Å². The molecule has 0 bridgehead atoms. The van der Waals surface area contributed by atoms with Gasteiger partial charge in [-0.15, -0.1) is 0 Å². The van der Waals surface area contributed by atoms with Crippen LogP contribution in [0.15, 0.2) is 0 Å². The summed E-state index contributed by atoms with van der Waals surface area (Å²) < 4.78 is 0. The Labute approximate surface area is 90.5 Å². The van der Waals surface area contributed by atoms with E-state index in [0.29, 0.717) is 0 Å². The van der Waals surface area contributed by atoms with Crippen molar-refractivity contribution in [3.63, 3.8) is 0 Å². The van der Waals surface area contributed by atoms with Gasteiger partial charge in [-0.3, -0.25) is 0 Å². The number of hydrogen-bond acceptors (Lipinski definition) is 0. The van der Waals surface area contributed by atoms with Crippen LogP contribution in [0.4, 0.5) is 0 Å². The van der Waals surface area contributed by atoms with Crippen LogP contribution in [0.3, 0.4) is 0 Å². The van der Waals surface area contributed by atoms with Gasteiger partial charge in [0.15, 0.2) is 0 Å². The highest BCUT2D eigenvalue weighted by atomic mass is 14.4. The van der Waals surface area contributed by atoms with E-state index in [-0.39, 0.29) is 0 Å². The Morgan fingerprint density at radius 3 is 2.29 bits per heavy atom. The van der Waals surface area contributed by atoms with Crippen LogP contribution in [-0.2, 0) is 0 Å².